The van der Waals surface area contributed by atoms with Crippen LogP contribution in [0.15, 0.2) is 53.6 Å². The van der Waals surface area contributed by atoms with E-state index in [0.717, 1.165) is 0 Å². The molecule has 106 valence electrons. The van der Waals surface area contributed by atoms with Gasteiger partial charge in [-0.25, -0.2) is 5.43 Å². The number of rotatable bonds is 4. The Bertz CT molecular complexity index is 713. The molecular weight excluding hydrogens is 274 g/mol. The first-order valence-electron chi connectivity index (χ1n) is 5.94. The maximum atomic E-state index is 11.7. The molecule has 7 nitrogen and oxygen atoms in total. The van der Waals surface area contributed by atoms with Crippen molar-refractivity contribution in [3.63, 3.8) is 0 Å². The Kier molecular flexibility index (Phi) is 4.25. The fourth-order valence-electron chi connectivity index (χ4n) is 1.64. The van der Waals surface area contributed by atoms with E-state index in [1.165, 1.54) is 42.6 Å². The topological polar surface area (TPSA) is 105 Å². The Morgan fingerprint density at radius 2 is 2.00 bits per heavy atom. The van der Waals surface area contributed by atoms with Crippen LogP contribution in [0.4, 0.5) is 5.69 Å². The molecule has 0 spiro atoms. The smallest absolute Gasteiger partial charge is 0.278 e. The molecule has 0 fully saturated rings. The van der Waals surface area contributed by atoms with E-state index in [1.54, 1.807) is 12.1 Å². The number of carbonyl (C=O) groups is 1. The van der Waals surface area contributed by atoms with E-state index in [-0.39, 0.29) is 22.6 Å². The maximum absolute atomic E-state index is 11.7. The summed E-state index contributed by atoms with van der Waals surface area (Å²) in [5.74, 6) is -0.564. The van der Waals surface area contributed by atoms with Crippen molar-refractivity contribution in [3.8, 4) is 5.75 Å². The number of amides is 1. The third-order valence-corrected chi connectivity index (χ3v) is 2.61. The van der Waals surface area contributed by atoms with Gasteiger partial charge in [0.2, 0.25) is 0 Å². The lowest BCUT2D eigenvalue weighted by molar-refractivity contribution is -0.385. The largest absolute Gasteiger partial charge is 0.508 e. The molecule has 2 N–H and O–H groups in total. The van der Waals surface area contributed by atoms with Crippen molar-refractivity contribution in [1.29, 1.82) is 0 Å². The molecule has 2 aromatic carbocycles. The van der Waals surface area contributed by atoms with Crippen molar-refractivity contribution in [1.82, 2.24) is 5.43 Å². The van der Waals surface area contributed by atoms with Gasteiger partial charge in [-0.05, 0) is 24.3 Å². The SMILES string of the molecule is O=C(N/N=C\c1ccccc1[N+](=O)[O-])c1cccc(O)c1. The van der Waals surface area contributed by atoms with Crippen LogP contribution in [-0.4, -0.2) is 22.2 Å². The lowest BCUT2D eigenvalue weighted by Gasteiger charge is -2.00. The van der Waals surface area contributed by atoms with Gasteiger partial charge in [-0.3, -0.25) is 14.9 Å². The molecule has 0 heterocycles. The molecule has 2 aromatic rings. The summed E-state index contributed by atoms with van der Waals surface area (Å²) in [5.41, 5.74) is 2.64. The van der Waals surface area contributed by atoms with E-state index in [1.807, 2.05) is 0 Å². The lowest BCUT2D eigenvalue weighted by Crippen LogP contribution is -2.17. The Morgan fingerprint density at radius 3 is 2.71 bits per heavy atom. The molecule has 0 atom stereocenters. The lowest BCUT2D eigenvalue weighted by atomic mass is 10.2. The average molecular weight is 285 g/mol. The number of hydrazone groups is 1. The number of phenols is 1. The monoisotopic (exact) mass is 285 g/mol. The Labute approximate surface area is 119 Å². The number of hydrogen-bond donors (Lipinski definition) is 2. The molecule has 21 heavy (non-hydrogen) atoms. The number of nitrogens with zero attached hydrogens (tertiary/aromatic N) is 2. The second-order valence-corrected chi connectivity index (χ2v) is 4.07. The number of phenolic OH excluding ortho intramolecular Hbond substituents is 1. The normalized spacial score (nSPS) is 10.5. The zero-order valence-electron chi connectivity index (χ0n) is 10.8. The minimum absolute atomic E-state index is 0.0367. The first kappa shape index (κ1) is 14.2. The van der Waals surface area contributed by atoms with E-state index in [0.29, 0.717) is 0 Å². The van der Waals surface area contributed by atoms with Gasteiger partial charge in [0.05, 0.1) is 16.7 Å². The Balaban J connectivity index is 2.09. The number of nitro groups is 1. The molecule has 0 saturated carbocycles. The highest BCUT2D eigenvalue weighted by Crippen LogP contribution is 2.15. The summed E-state index contributed by atoms with van der Waals surface area (Å²) >= 11 is 0. The van der Waals surface area contributed by atoms with E-state index in [4.69, 9.17) is 0 Å². The highest BCUT2D eigenvalue weighted by Gasteiger charge is 2.10. The van der Waals surface area contributed by atoms with Crippen LogP contribution in [0.1, 0.15) is 15.9 Å². The van der Waals surface area contributed by atoms with Crippen LogP contribution in [0, 0.1) is 10.1 Å². The van der Waals surface area contributed by atoms with Crippen LogP contribution in [0.2, 0.25) is 0 Å². The van der Waals surface area contributed by atoms with Gasteiger partial charge < -0.3 is 5.11 Å². The van der Waals surface area contributed by atoms with Gasteiger partial charge in [-0.2, -0.15) is 5.10 Å². The number of nitrogens with one attached hydrogen (secondary N) is 1. The van der Waals surface area contributed by atoms with Crippen molar-refractivity contribution in [2.24, 2.45) is 5.10 Å². The fourth-order valence-corrected chi connectivity index (χ4v) is 1.64. The van der Waals surface area contributed by atoms with Gasteiger partial charge in [0.1, 0.15) is 5.75 Å². The van der Waals surface area contributed by atoms with Gasteiger partial charge >= 0.3 is 0 Å². The number of carbonyl (C=O) groups excluding carboxylic acids is 1. The number of para-hydroxylation sites is 1. The van der Waals surface area contributed by atoms with Crippen molar-refractivity contribution < 1.29 is 14.8 Å². The van der Waals surface area contributed by atoms with Gasteiger partial charge in [-0.1, -0.05) is 18.2 Å². The number of hydrogen-bond acceptors (Lipinski definition) is 5. The van der Waals surface area contributed by atoms with Crippen LogP contribution in [-0.2, 0) is 0 Å². The van der Waals surface area contributed by atoms with Crippen LogP contribution < -0.4 is 5.43 Å². The number of benzene rings is 2. The molecule has 0 aromatic heterocycles. The quantitative estimate of drug-likeness (QED) is 0.509. The van der Waals surface area contributed by atoms with Crippen LogP contribution in [0.3, 0.4) is 0 Å². The van der Waals surface area contributed by atoms with Crippen LogP contribution >= 0.6 is 0 Å². The summed E-state index contributed by atoms with van der Waals surface area (Å²) in [4.78, 5) is 22.0. The summed E-state index contributed by atoms with van der Waals surface area (Å²) in [6, 6.07) is 11.8. The molecule has 0 aliphatic heterocycles. The summed E-state index contributed by atoms with van der Waals surface area (Å²) in [5, 5.41) is 23.8. The Morgan fingerprint density at radius 1 is 1.24 bits per heavy atom. The van der Waals surface area contributed by atoms with E-state index in [9.17, 15) is 20.0 Å². The summed E-state index contributed by atoms with van der Waals surface area (Å²) in [6.07, 6.45) is 1.19. The highest BCUT2D eigenvalue weighted by molar-refractivity contribution is 5.95. The van der Waals surface area contributed by atoms with Gasteiger partial charge in [0.25, 0.3) is 11.6 Å². The van der Waals surface area contributed by atoms with Crippen molar-refractivity contribution >= 4 is 17.8 Å². The zero-order valence-corrected chi connectivity index (χ0v) is 10.8. The van der Waals surface area contributed by atoms with E-state index < -0.39 is 10.8 Å². The predicted molar refractivity (Wildman–Crippen MR) is 76.3 cm³/mol. The van der Waals surface area contributed by atoms with E-state index in [2.05, 4.69) is 10.5 Å². The molecule has 0 aliphatic rings. The first-order valence-corrected chi connectivity index (χ1v) is 5.94. The van der Waals surface area contributed by atoms with Crippen molar-refractivity contribution in [3.05, 3.63) is 69.8 Å². The van der Waals surface area contributed by atoms with Gasteiger partial charge in [-0.15, -0.1) is 0 Å². The zero-order chi connectivity index (χ0) is 15.2. The van der Waals surface area contributed by atoms with E-state index >= 15 is 0 Å². The molecule has 2 rings (SSSR count). The third-order valence-electron chi connectivity index (χ3n) is 2.61. The maximum Gasteiger partial charge on any atom is 0.278 e. The van der Waals surface area contributed by atoms with Gasteiger partial charge in [0.15, 0.2) is 0 Å². The number of aromatic hydroxyl groups is 1. The predicted octanol–water partition coefficient (Wildman–Crippen LogP) is 2.06. The molecule has 0 aliphatic carbocycles. The molecule has 0 saturated heterocycles. The summed E-state index contributed by atoms with van der Waals surface area (Å²) < 4.78 is 0. The first-order chi connectivity index (χ1) is 10.1. The van der Waals surface area contributed by atoms with Crippen molar-refractivity contribution in [2.75, 3.05) is 0 Å². The fraction of sp³-hybridized carbons (Fsp3) is 0. The average Bonchev–Trinajstić information content (AvgIpc) is 2.47. The third kappa shape index (κ3) is 3.63. The van der Waals surface area contributed by atoms with Gasteiger partial charge in [0, 0.05) is 11.6 Å². The van der Waals surface area contributed by atoms with Crippen LogP contribution in [0.25, 0.3) is 0 Å². The molecule has 0 bridgehead atoms. The van der Waals surface area contributed by atoms with Crippen molar-refractivity contribution in [2.45, 2.75) is 0 Å². The second-order valence-electron chi connectivity index (χ2n) is 4.07. The molecular formula is C14H11N3O4. The molecule has 0 unspecified atom stereocenters. The molecule has 7 heteroatoms. The number of nitro benzene ring substituents is 1. The summed E-state index contributed by atoms with van der Waals surface area (Å²) in [7, 11) is 0. The second kappa shape index (κ2) is 6.29. The molecule has 0 radical (unpaired) electrons. The minimum Gasteiger partial charge on any atom is -0.508 e. The molecule has 1 amide bonds. The summed E-state index contributed by atoms with van der Waals surface area (Å²) in [6.45, 7) is 0. The highest BCUT2D eigenvalue weighted by atomic mass is 16.6. The van der Waals surface area contributed by atoms with Crippen LogP contribution in [0.5, 0.6) is 5.75 Å². The standard InChI is InChI=1S/C14H11N3O4/c18-12-6-3-5-10(8-12)14(19)16-15-9-11-4-1-2-7-13(11)17(20)21/h1-9,18H,(H,16,19)/b15-9-. The Hall–Kier alpha value is -3.22. The minimum atomic E-state index is -0.529.